The lowest BCUT2D eigenvalue weighted by atomic mass is 9.97. The fourth-order valence-electron chi connectivity index (χ4n) is 3.24. The van der Waals surface area contributed by atoms with E-state index in [0.29, 0.717) is 18.6 Å². The number of hydrogen-bond acceptors (Lipinski definition) is 5. The number of ether oxygens (including phenoxy) is 3. The molecule has 2 unspecified atom stereocenters. The molecule has 0 saturated carbocycles. The van der Waals surface area contributed by atoms with E-state index in [4.69, 9.17) is 19.2 Å². The Hall–Kier alpha value is -0.160. The third-order valence-corrected chi connectivity index (χ3v) is 4.55. The van der Waals surface area contributed by atoms with Crippen molar-refractivity contribution < 1.29 is 14.2 Å². The summed E-state index contributed by atoms with van der Waals surface area (Å²) in [4.78, 5) is 7.36. The summed E-state index contributed by atoms with van der Waals surface area (Å²) in [5.41, 5.74) is 0. The normalized spacial score (nSPS) is 23.1. The molecule has 25 heavy (non-hydrogen) atoms. The molecule has 8 heteroatoms. The number of nitrogens with one attached hydrogen (secondary N) is 2. The van der Waals surface area contributed by atoms with Crippen molar-refractivity contribution in [3.8, 4) is 0 Å². The lowest BCUT2D eigenvalue weighted by Gasteiger charge is -2.36. The first-order valence-corrected chi connectivity index (χ1v) is 9.34. The van der Waals surface area contributed by atoms with E-state index < -0.39 is 0 Å². The molecule has 0 aliphatic carbocycles. The van der Waals surface area contributed by atoms with Crippen LogP contribution in [0.5, 0.6) is 0 Å². The van der Waals surface area contributed by atoms with Crippen LogP contribution in [0.25, 0.3) is 0 Å². The summed E-state index contributed by atoms with van der Waals surface area (Å²) >= 11 is 0. The van der Waals surface area contributed by atoms with Crippen molar-refractivity contribution in [1.82, 2.24) is 15.5 Å². The minimum Gasteiger partial charge on any atom is -0.381 e. The van der Waals surface area contributed by atoms with E-state index in [0.717, 1.165) is 78.1 Å². The van der Waals surface area contributed by atoms with Crippen LogP contribution in [0.2, 0.25) is 0 Å². The van der Waals surface area contributed by atoms with Crippen LogP contribution in [0.4, 0.5) is 0 Å². The van der Waals surface area contributed by atoms with Gasteiger partial charge in [-0.25, -0.2) is 0 Å². The summed E-state index contributed by atoms with van der Waals surface area (Å²) in [5, 5.41) is 6.66. The van der Waals surface area contributed by atoms with Gasteiger partial charge < -0.3 is 24.8 Å². The van der Waals surface area contributed by atoms with Crippen LogP contribution in [-0.4, -0.2) is 89.3 Å². The maximum atomic E-state index is 5.62. The summed E-state index contributed by atoms with van der Waals surface area (Å²) in [7, 11) is 0. The standard InChI is InChI=1S/C17H34N4O3.HI/c1-3-18-17(19-6-10-22-4-2)20-13-16(15-5-9-24-14-15)21-7-11-23-12-8-21;/h15-16H,3-14H2,1-2H3,(H2,18,19,20);1H. The average molecular weight is 470 g/mol. The Bertz CT molecular complexity index is 362. The van der Waals surface area contributed by atoms with Crippen molar-refractivity contribution in [2.45, 2.75) is 26.3 Å². The fraction of sp³-hybridized carbons (Fsp3) is 0.941. The summed E-state index contributed by atoms with van der Waals surface area (Å²) in [6.07, 6.45) is 1.13. The van der Waals surface area contributed by atoms with Crippen molar-refractivity contribution in [2.75, 3.05) is 72.4 Å². The van der Waals surface area contributed by atoms with Crippen LogP contribution in [0.3, 0.4) is 0 Å². The summed E-state index contributed by atoms with van der Waals surface area (Å²) in [6, 6.07) is 0.429. The topological polar surface area (TPSA) is 67.4 Å². The van der Waals surface area contributed by atoms with E-state index >= 15 is 0 Å². The van der Waals surface area contributed by atoms with E-state index in [9.17, 15) is 0 Å². The van der Waals surface area contributed by atoms with Gasteiger partial charge in [0.05, 0.1) is 33.0 Å². The van der Waals surface area contributed by atoms with Crippen molar-refractivity contribution in [3.05, 3.63) is 0 Å². The van der Waals surface area contributed by atoms with Gasteiger partial charge in [0.15, 0.2) is 5.96 Å². The lowest BCUT2D eigenvalue weighted by Crippen LogP contribution is -2.49. The molecule has 2 N–H and O–H groups in total. The number of nitrogens with zero attached hydrogens (tertiary/aromatic N) is 2. The van der Waals surface area contributed by atoms with Crippen LogP contribution in [0, 0.1) is 5.92 Å². The summed E-state index contributed by atoms with van der Waals surface area (Å²) < 4.78 is 16.5. The number of hydrogen-bond donors (Lipinski definition) is 2. The molecule has 0 bridgehead atoms. The van der Waals surface area contributed by atoms with Gasteiger partial charge in [0.25, 0.3) is 0 Å². The van der Waals surface area contributed by atoms with Gasteiger partial charge in [-0.1, -0.05) is 0 Å². The maximum absolute atomic E-state index is 5.62. The van der Waals surface area contributed by atoms with Crippen molar-refractivity contribution in [1.29, 1.82) is 0 Å². The fourth-order valence-corrected chi connectivity index (χ4v) is 3.24. The number of guanidine groups is 1. The van der Waals surface area contributed by atoms with Crippen LogP contribution < -0.4 is 10.6 Å². The quantitative estimate of drug-likeness (QED) is 0.226. The Kier molecular flexibility index (Phi) is 12.8. The Morgan fingerprint density at radius 1 is 1.20 bits per heavy atom. The number of aliphatic imine (C=N–C) groups is 1. The highest BCUT2D eigenvalue weighted by atomic mass is 127. The first kappa shape index (κ1) is 22.9. The van der Waals surface area contributed by atoms with Gasteiger partial charge in [0, 0.05) is 51.4 Å². The van der Waals surface area contributed by atoms with E-state index in [1.54, 1.807) is 0 Å². The smallest absolute Gasteiger partial charge is 0.191 e. The molecule has 0 amide bonds. The van der Waals surface area contributed by atoms with E-state index in [1.165, 1.54) is 0 Å². The third kappa shape index (κ3) is 8.38. The zero-order valence-corrected chi connectivity index (χ0v) is 18.0. The second-order valence-electron chi connectivity index (χ2n) is 6.18. The molecule has 148 valence electrons. The minimum atomic E-state index is 0. The van der Waals surface area contributed by atoms with Gasteiger partial charge in [-0.2, -0.15) is 0 Å². The van der Waals surface area contributed by atoms with Crippen molar-refractivity contribution in [3.63, 3.8) is 0 Å². The molecule has 2 aliphatic rings. The monoisotopic (exact) mass is 470 g/mol. The second kappa shape index (κ2) is 14.0. The molecule has 2 heterocycles. The maximum Gasteiger partial charge on any atom is 0.191 e. The Morgan fingerprint density at radius 3 is 2.64 bits per heavy atom. The first-order chi connectivity index (χ1) is 11.8. The van der Waals surface area contributed by atoms with Gasteiger partial charge in [0.1, 0.15) is 0 Å². The zero-order chi connectivity index (χ0) is 17.0. The number of morpholine rings is 1. The van der Waals surface area contributed by atoms with Crippen molar-refractivity contribution >= 4 is 29.9 Å². The molecular formula is C17H35IN4O3. The molecule has 0 aromatic carbocycles. The first-order valence-electron chi connectivity index (χ1n) is 9.34. The molecule has 2 fully saturated rings. The molecular weight excluding hydrogens is 435 g/mol. The minimum absolute atomic E-state index is 0. The second-order valence-corrected chi connectivity index (χ2v) is 6.18. The van der Waals surface area contributed by atoms with Crippen LogP contribution in [0.1, 0.15) is 20.3 Å². The van der Waals surface area contributed by atoms with E-state index in [1.807, 2.05) is 6.92 Å². The van der Waals surface area contributed by atoms with Gasteiger partial charge in [-0.05, 0) is 20.3 Å². The zero-order valence-electron chi connectivity index (χ0n) is 15.7. The van der Waals surface area contributed by atoms with E-state index in [2.05, 4.69) is 22.5 Å². The molecule has 2 saturated heterocycles. The largest absolute Gasteiger partial charge is 0.381 e. The lowest BCUT2D eigenvalue weighted by molar-refractivity contribution is 0.00368. The molecule has 0 radical (unpaired) electrons. The van der Waals surface area contributed by atoms with Crippen LogP contribution in [-0.2, 0) is 14.2 Å². The Labute approximate surface area is 169 Å². The number of rotatable bonds is 9. The summed E-state index contributed by atoms with van der Waals surface area (Å²) in [6.45, 7) is 13.3. The average Bonchev–Trinajstić information content (AvgIpc) is 3.14. The molecule has 0 spiro atoms. The van der Waals surface area contributed by atoms with Crippen molar-refractivity contribution in [2.24, 2.45) is 10.9 Å². The number of halogens is 1. The van der Waals surface area contributed by atoms with Gasteiger partial charge in [-0.15, -0.1) is 24.0 Å². The molecule has 2 aliphatic heterocycles. The van der Waals surface area contributed by atoms with Gasteiger partial charge in [-0.3, -0.25) is 9.89 Å². The Morgan fingerprint density at radius 2 is 2.00 bits per heavy atom. The highest BCUT2D eigenvalue weighted by Gasteiger charge is 2.31. The van der Waals surface area contributed by atoms with Gasteiger partial charge >= 0.3 is 0 Å². The molecule has 0 aromatic rings. The predicted octanol–water partition coefficient (Wildman–Crippen LogP) is 0.933. The van der Waals surface area contributed by atoms with Crippen LogP contribution >= 0.6 is 24.0 Å². The molecule has 7 nitrogen and oxygen atoms in total. The highest BCUT2D eigenvalue weighted by molar-refractivity contribution is 14.0. The van der Waals surface area contributed by atoms with Gasteiger partial charge in [0.2, 0.25) is 0 Å². The predicted molar refractivity (Wildman–Crippen MR) is 111 cm³/mol. The summed E-state index contributed by atoms with van der Waals surface area (Å²) in [5.74, 6) is 1.44. The third-order valence-electron chi connectivity index (χ3n) is 4.55. The highest BCUT2D eigenvalue weighted by Crippen LogP contribution is 2.22. The molecule has 2 atom stereocenters. The molecule has 0 aromatic heterocycles. The van der Waals surface area contributed by atoms with E-state index in [-0.39, 0.29) is 24.0 Å². The Balaban J connectivity index is 0.00000312. The molecule has 2 rings (SSSR count). The van der Waals surface area contributed by atoms with Crippen LogP contribution in [0.15, 0.2) is 4.99 Å². The SMILES string of the molecule is CCNC(=NCC(C1CCOC1)N1CCOCC1)NCCOCC.I.